The van der Waals surface area contributed by atoms with E-state index in [0.29, 0.717) is 0 Å². The maximum absolute atomic E-state index is 11.3. The Kier molecular flexibility index (Phi) is 5.06. The molecule has 0 aliphatic heterocycles. The molecule has 0 radical (unpaired) electrons. The molecule has 78 valence electrons. The molecule has 0 saturated heterocycles. The predicted octanol–water partition coefficient (Wildman–Crippen LogP) is 3.11. The molecule has 1 atom stereocenters. The molecule has 0 fully saturated rings. The Bertz CT molecular complexity index is 320. The Hall–Kier alpha value is 0.0700. The SMILES string of the molecule is COP(=O)(S)NSCc1ccccc1. The Morgan fingerprint density at radius 1 is 1.50 bits per heavy atom. The van der Waals surface area contributed by atoms with Gasteiger partial charge in [-0.1, -0.05) is 54.5 Å². The first-order chi connectivity index (χ1) is 6.64. The summed E-state index contributed by atoms with van der Waals surface area (Å²) in [7, 11) is 1.36. The topological polar surface area (TPSA) is 38.3 Å². The fourth-order valence-corrected chi connectivity index (χ4v) is 2.90. The molecule has 0 amide bonds. The lowest BCUT2D eigenvalue weighted by Crippen LogP contribution is -1.97. The molecule has 1 unspecified atom stereocenters. The van der Waals surface area contributed by atoms with Gasteiger partial charge < -0.3 is 4.52 Å². The normalized spacial score (nSPS) is 15.0. The van der Waals surface area contributed by atoms with Gasteiger partial charge in [-0.15, -0.1) is 0 Å². The van der Waals surface area contributed by atoms with Crippen molar-refractivity contribution in [3.8, 4) is 0 Å². The van der Waals surface area contributed by atoms with Gasteiger partial charge in [0.1, 0.15) is 0 Å². The van der Waals surface area contributed by atoms with E-state index in [9.17, 15) is 4.57 Å². The molecule has 0 heterocycles. The van der Waals surface area contributed by atoms with Crippen molar-refractivity contribution in [3.63, 3.8) is 0 Å². The predicted molar refractivity (Wildman–Crippen MR) is 64.5 cm³/mol. The smallest absolute Gasteiger partial charge is 0.313 e. The number of benzene rings is 1. The quantitative estimate of drug-likeness (QED) is 0.478. The van der Waals surface area contributed by atoms with E-state index in [1.807, 2.05) is 30.3 Å². The molecule has 1 rings (SSSR count). The Morgan fingerprint density at radius 2 is 2.14 bits per heavy atom. The molecule has 0 spiro atoms. The second kappa shape index (κ2) is 5.83. The van der Waals surface area contributed by atoms with Crippen LogP contribution in [0.15, 0.2) is 30.3 Å². The lowest BCUT2D eigenvalue weighted by Gasteiger charge is -2.09. The lowest BCUT2D eigenvalue weighted by molar-refractivity contribution is 0.408. The molecule has 0 saturated carbocycles. The van der Waals surface area contributed by atoms with Gasteiger partial charge in [0.15, 0.2) is 0 Å². The Labute approximate surface area is 93.4 Å². The first-order valence-corrected chi connectivity index (χ1v) is 7.72. The van der Waals surface area contributed by atoms with Gasteiger partial charge in [0.2, 0.25) is 0 Å². The minimum Gasteiger partial charge on any atom is -0.313 e. The lowest BCUT2D eigenvalue weighted by atomic mass is 10.2. The van der Waals surface area contributed by atoms with E-state index < -0.39 is 6.72 Å². The third kappa shape index (κ3) is 4.53. The third-order valence-corrected chi connectivity index (χ3v) is 5.15. The van der Waals surface area contributed by atoms with Crippen LogP contribution < -0.4 is 4.49 Å². The fourth-order valence-electron chi connectivity index (χ4n) is 0.809. The van der Waals surface area contributed by atoms with Crippen LogP contribution in [-0.4, -0.2) is 7.11 Å². The zero-order chi connectivity index (χ0) is 10.4. The van der Waals surface area contributed by atoms with E-state index in [1.165, 1.54) is 19.1 Å². The summed E-state index contributed by atoms with van der Waals surface area (Å²) in [6.07, 6.45) is 0. The highest BCUT2D eigenvalue weighted by molar-refractivity contribution is 8.47. The van der Waals surface area contributed by atoms with Crippen LogP contribution in [0.2, 0.25) is 0 Å². The molecule has 1 aromatic carbocycles. The molecular weight excluding hydrogens is 237 g/mol. The fraction of sp³-hybridized carbons (Fsp3) is 0.250. The molecule has 3 nitrogen and oxygen atoms in total. The second-order valence-electron chi connectivity index (χ2n) is 2.57. The summed E-state index contributed by atoms with van der Waals surface area (Å²) in [5, 5.41) is 0. The zero-order valence-corrected chi connectivity index (χ0v) is 10.3. The summed E-state index contributed by atoms with van der Waals surface area (Å²) in [6, 6.07) is 9.90. The minimum atomic E-state index is -2.90. The summed E-state index contributed by atoms with van der Waals surface area (Å²) in [4.78, 5) is 0. The van der Waals surface area contributed by atoms with Crippen LogP contribution >= 0.6 is 30.9 Å². The van der Waals surface area contributed by atoms with Crippen LogP contribution in [0.5, 0.6) is 0 Å². The van der Waals surface area contributed by atoms with Gasteiger partial charge in [-0.2, -0.15) is 4.49 Å². The molecular formula is C8H12NO2PS2. The van der Waals surface area contributed by atoms with Gasteiger partial charge in [-0.25, -0.2) is 0 Å². The van der Waals surface area contributed by atoms with E-state index in [-0.39, 0.29) is 0 Å². The molecule has 0 aliphatic rings. The van der Waals surface area contributed by atoms with E-state index in [1.54, 1.807) is 0 Å². The monoisotopic (exact) mass is 249 g/mol. The number of rotatable bonds is 5. The minimum absolute atomic E-state index is 0.731. The van der Waals surface area contributed by atoms with Crippen LogP contribution in [-0.2, 0) is 14.8 Å². The number of hydrogen-bond donors (Lipinski definition) is 2. The molecule has 1 N–H and O–H groups in total. The molecule has 0 aromatic heterocycles. The average Bonchev–Trinajstić information content (AvgIpc) is 2.19. The van der Waals surface area contributed by atoms with Crippen molar-refractivity contribution >= 4 is 30.9 Å². The Morgan fingerprint density at radius 3 is 2.71 bits per heavy atom. The highest BCUT2D eigenvalue weighted by Crippen LogP contribution is 2.48. The van der Waals surface area contributed by atoms with Crippen molar-refractivity contribution < 1.29 is 9.09 Å². The molecule has 1 aromatic rings. The van der Waals surface area contributed by atoms with Crippen LogP contribution in [0.25, 0.3) is 0 Å². The van der Waals surface area contributed by atoms with Crippen molar-refractivity contribution in [3.05, 3.63) is 35.9 Å². The Balaban J connectivity index is 2.33. The van der Waals surface area contributed by atoms with Gasteiger partial charge in [0.25, 0.3) is 0 Å². The van der Waals surface area contributed by atoms with Crippen molar-refractivity contribution in [1.82, 2.24) is 4.49 Å². The maximum Gasteiger partial charge on any atom is 0.332 e. The maximum atomic E-state index is 11.3. The second-order valence-corrected chi connectivity index (χ2v) is 6.86. The van der Waals surface area contributed by atoms with Crippen molar-refractivity contribution in [2.45, 2.75) is 5.75 Å². The number of thiol groups is 1. The summed E-state index contributed by atoms with van der Waals surface area (Å²) in [5.74, 6) is 0.731. The first kappa shape index (κ1) is 12.1. The summed E-state index contributed by atoms with van der Waals surface area (Å²) >= 11 is 5.16. The summed E-state index contributed by atoms with van der Waals surface area (Å²) in [6.45, 7) is -2.90. The highest BCUT2D eigenvalue weighted by Gasteiger charge is 2.13. The molecule has 6 heteroatoms. The van der Waals surface area contributed by atoms with Gasteiger partial charge in [-0.3, -0.25) is 4.57 Å². The van der Waals surface area contributed by atoms with Crippen LogP contribution in [0, 0.1) is 0 Å². The van der Waals surface area contributed by atoms with Crippen molar-refractivity contribution in [2.24, 2.45) is 0 Å². The highest BCUT2D eigenvalue weighted by atomic mass is 32.7. The average molecular weight is 249 g/mol. The van der Waals surface area contributed by atoms with Crippen molar-refractivity contribution in [1.29, 1.82) is 0 Å². The molecule has 14 heavy (non-hydrogen) atoms. The van der Waals surface area contributed by atoms with E-state index in [0.717, 1.165) is 11.3 Å². The summed E-state index contributed by atoms with van der Waals surface area (Å²) < 4.78 is 18.6. The van der Waals surface area contributed by atoms with Crippen LogP contribution in [0.3, 0.4) is 0 Å². The van der Waals surface area contributed by atoms with Gasteiger partial charge >= 0.3 is 6.72 Å². The van der Waals surface area contributed by atoms with Crippen LogP contribution in [0.1, 0.15) is 5.56 Å². The van der Waals surface area contributed by atoms with Gasteiger partial charge in [0, 0.05) is 12.9 Å². The van der Waals surface area contributed by atoms with E-state index in [4.69, 9.17) is 0 Å². The molecule has 0 bridgehead atoms. The standard InChI is InChI=1S/C8H12NO2PS2/c1-11-12(10,13)9-14-7-8-5-3-2-4-6-8/h2-6H,7H2,1H3,(H2,9,10,13). The van der Waals surface area contributed by atoms with Gasteiger partial charge in [-0.05, 0) is 5.56 Å². The first-order valence-electron chi connectivity index (χ1n) is 3.95. The van der Waals surface area contributed by atoms with E-state index >= 15 is 0 Å². The van der Waals surface area contributed by atoms with E-state index in [2.05, 4.69) is 21.3 Å². The summed E-state index contributed by atoms with van der Waals surface area (Å²) in [5.41, 5.74) is 1.16. The number of nitrogens with one attached hydrogen (secondary N) is 1. The van der Waals surface area contributed by atoms with Crippen molar-refractivity contribution in [2.75, 3.05) is 7.11 Å². The third-order valence-electron chi connectivity index (χ3n) is 1.51. The van der Waals surface area contributed by atoms with Crippen LogP contribution in [0.4, 0.5) is 0 Å². The zero-order valence-electron chi connectivity index (χ0n) is 7.71. The molecule has 0 aliphatic carbocycles. The van der Waals surface area contributed by atoms with Gasteiger partial charge in [0.05, 0.1) is 0 Å². The number of hydrogen-bond acceptors (Lipinski definition) is 3. The largest absolute Gasteiger partial charge is 0.332 e.